The second kappa shape index (κ2) is 7.76. The van der Waals surface area contributed by atoms with E-state index in [-0.39, 0.29) is 29.1 Å². The van der Waals surface area contributed by atoms with E-state index in [2.05, 4.69) is 26.1 Å². The van der Waals surface area contributed by atoms with Gasteiger partial charge in [-0.3, -0.25) is 0 Å². The average molecular weight is 297 g/mol. The van der Waals surface area contributed by atoms with Crippen molar-refractivity contribution in [1.82, 2.24) is 5.32 Å². The molecule has 1 aromatic rings. The molecule has 0 saturated carbocycles. The number of hydrogen-bond acceptors (Lipinski definition) is 3. The zero-order valence-electron chi connectivity index (χ0n) is 14.0. The van der Waals surface area contributed by atoms with Crippen LogP contribution in [0.25, 0.3) is 0 Å². The third-order valence-electron chi connectivity index (χ3n) is 3.47. The van der Waals surface area contributed by atoms with Crippen molar-refractivity contribution < 1.29 is 13.9 Å². The number of benzene rings is 1. The molecule has 1 N–H and O–H groups in total. The zero-order chi connectivity index (χ0) is 16.0. The van der Waals surface area contributed by atoms with Crippen LogP contribution < -0.4 is 10.1 Å². The van der Waals surface area contributed by atoms with Crippen LogP contribution in [0.4, 0.5) is 4.39 Å². The van der Waals surface area contributed by atoms with Crippen molar-refractivity contribution in [3.05, 3.63) is 29.6 Å². The Kier molecular flexibility index (Phi) is 6.62. The average Bonchev–Trinajstić information content (AvgIpc) is 2.42. The Morgan fingerprint density at radius 2 is 1.90 bits per heavy atom. The van der Waals surface area contributed by atoms with Gasteiger partial charge in [-0.15, -0.1) is 0 Å². The third kappa shape index (κ3) is 4.42. The summed E-state index contributed by atoms with van der Waals surface area (Å²) in [6.45, 7) is 11.6. The highest BCUT2D eigenvalue weighted by Gasteiger charge is 2.35. The summed E-state index contributed by atoms with van der Waals surface area (Å²) in [4.78, 5) is 0. The lowest BCUT2D eigenvalue weighted by Crippen LogP contribution is -2.42. The molecule has 1 rings (SSSR count). The standard InChI is InChI=1S/C17H28FNO2/c1-7-19-15(16(21-8-2)17(3,4)5)12-10-9-11-13(20-6)14(12)18/h9-11,15-16,19H,7-8H2,1-6H3. The van der Waals surface area contributed by atoms with Crippen LogP contribution in [0.15, 0.2) is 18.2 Å². The SMILES string of the molecule is CCNC(c1cccc(OC)c1F)C(OCC)C(C)(C)C. The fourth-order valence-electron chi connectivity index (χ4n) is 2.55. The number of halogens is 1. The van der Waals surface area contributed by atoms with Crippen LogP contribution in [0.1, 0.15) is 46.2 Å². The van der Waals surface area contributed by atoms with E-state index in [9.17, 15) is 4.39 Å². The summed E-state index contributed by atoms with van der Waals surface area (Å²) in [7, 11) is 1.48. The van der Waals surface area contributed by atoms with Gasteiger partial charge in [0, 0.05) is 12.2 Å². The smallest absolute Gasteiger partial charge is 0.169 e. The molecule has 0 aliphatic carbocycles. The van der Waals surface area contributed by atoms with Crippen molar-refractivity contribution in [3.63, 3.8) is 0 Å². The van der Waals surface area contributed by atoms with E-state index in [0.717, 1.165) is 6.54 Å². The molecule has 0 fully saturated rings. The van der Waals surface area contributed by atoms with Gasteiger partial charge in [0.05, 0.1) is 19.3 Å². The van der Waals surface area contributed by atoms with Crippen LogP contribution in [0.5, 0.6) is 5.75 Å². The Morgan fingerprint density at radius 3 is 2.38 bits per heavy atom. The molecular formula is C17H28FNO2. The van der Waals surface area contributed by atoms with Gasteiger partial charge in [0.2, 0.25) is 0 Å². The first-order chi connectivity index (χ1) is 9.86. The monoisotopic (exact) mass is 297 g/mol. The summed E-state index contributed by atoms with van der Waals surface area (Å²) in [5.74, 6) is -0.0561. The predicted octanol–water partition coefficient (Wildman–Crippen LogP) is 3.94. The highest BCUT2D eigenvalue weighted by molar-refractivity contribution is 5.34. The molecule has 3 nitrogen and oxygen atoms in total. The number of methoxy groups -OCH3 is 1. The van der Waals surface area contributed by atoms with Gasteiger partial charge in [0.25, 0.3) is 0 Å². The highest BCUT2D eigenvalue weighted by atomic mass is 19.1. The molecule has 0 aromatic heterocycles. The maximum Gasteiger partial charge on any atom is 0.169 e. The molecule has 2 unspecified atom stereocenters. The van der Waals surface area contributed by atoms with Crippen LogP contribution in [0.3, 0.4) is 0 Å². The summed E-state index contributed by atoms with van der Waals surface area (Å²) in [5.41, 5.74) is 0.475. The summed E-state index contributed by atoms with van der Waals surface area (Å²) in [6, 6.07) is 5.02. The summed E-state index contributed by atoms with van der Waals surface area (Å²) in [5, 5.41) is 3.36. The topological polar surface area (TPSA) is 30.5 Å². The molecule has 0 bridgehead atoms. The Morgan fingerprint density at radius 1 is 1.24 bits per heavy atom. The van der Waals surface area contributed by atoms with Crippen molar-refractivity contribution >= 4 is 0 Å². The summed E-state index contributed by atoms with van der Waals surface area (Å²) in [6.07, 6.45) is -0.135. The van der Waals surface area contributed by atoms with Crippen molar-refractivity contribution in [2.75, 3.05) is 20.3 Å². The van der Waals surface area contributed by atoms with Crippen molar-refractivity contribution in [1.29, 1.82) is 0 Å². The Hall–Kier alpha value is -1.13. The lowest BCUT2D eigenvalue weighted by atomic mass is 9.81. The largest absolute Gasteiger partial charge is 0.494 e. The zero-order valence-corrected chi connectivity index (χ0v) is 14.0. The number of nitrogens with one attached hydrogen (secondary N) is 1. The number of likely N-dealkylation sites (N-methyl/N-ethyl adjacent to an activating group) is 1. The van der Waals surface area contributed by atoms with Crippen LogP contribution >= 0.6 is 0 Å². The quantitative estimate of drug-likeness (QED) is 0.827. The first-order valence-electron chi connectivity index (χ1n) is 7.54. The molecule has 4 heteroatoms. The van der Waals surface area contributed by atoms with Gasteiger partial charge >= 0.3 is 0 Å². The number of ether oxygens (including phenoxy) is 2. The van der Waals surface area contributed by atoms with Gasteiger partial charge in [0.15, 0.2) is 11.6 Å². The molecule has 0 saturated heterocycles. The van der Waals surface area contributed by atoms with Gasteiger partial charge < -0.3 is 14.8 Å². The molecule has 2 atom stereocenters. The van der Waals surface area contributed by atoms with E-state index < -0.39 is 0 Å². The minimum Gasteiger partial charge on any atom is -0.494 e. The second-order valence-electron chi connectivity index (χ2n) is 6.14. The first kappa shape index (κ1) is 17.9. The normalized spacial score (nSPS) is 14.8. The molecule has 0 heterocycles. The van der Waals surface area contributed by atoms with Crippen LogP contribution in [0.2, 0.25) is 0 Å². The molecule has 0 spiro atoms. The second-order valence-corrected chi connectivity index (χ2v) is 6.14. The molecule has 0 aliphatic heterocycles. The van der Waals surface area contributed by atoms with Gasteiger partial charge in [-0.25, -0.2) is 4.39 Å². The van der Waals surface area contributed by atoms with Gasteiger partial charge in [-0.05, 0) is 24.9 Å². The predicted molar refractivity (Wildman–Crippen MR) is 84.2 cm³/mol. The molecular weight excluding hydrogens is 269 g/mol. The van der Waals surface area contributed by atoms with Crippen molar-refractivity contribution in [3.8, 4) is 5.75 Å². The summed E-state index contributed by atoms with van der Waals surface area (Å²) >= 11 is 0. The third-order valence-corrected chi connectivity index (χ3v) is 3.47. The molecule has 0 amide bonds. The van der Waals surface area contributed by atoms with E-state index in [4.69, 9.17) is 9.47 Å². The Balaban J connectivity index is 3.27. The van der Waals surface area contributed by atoms with Gasteiger partial charge in [-0.2, -0.15) is 0 Å². The minimum absolute atomic E-state index is 0.113. The first-order valence-corrected chi connectivity index (χ1v) is 7.54. The van der Waals surface area contributed by atoms with Crippen molar-refractivity contribution in [2.45, 2.75) is 46.8 Å². The lowest BCUT2D eigenvalue weighted by Gasteiger charge is -2.37. The Labute approximate surface area is 127 Å². The van der Waals surface area contributed by atoms with Crippen LogP contribution in [-0.2, 0) is 4.74 Å². The van der Waals surface area contributed by atoms with Crippen molar-refractivity contribution in [2.24, 2.45) is 5.41 Å². The molecule has 0 aliphatic rings. The van der Waals surface area contributed by atoms with E-state index in [0.29, 0.717) is 12.2 Å². The molecule has 120 valence electrons. The highest BCUT2D eigenvalue weighted by Crippen LogP contribution is 2.35. The molecule has 21 heavy (non-hydrogen) atoms. The molecule has 0 radical (unpaired) electrons. The van der Waals surface area contributed by atoms with E-state index >= 15 is 0 Å². The van der Waals surface area contributed by atoms with Gasteiger partial charge in [-0.1, -0.05) is 39.8 Å². The van der Waals surface area contributed by atoms with Gasteiger partial charge in [0.1, 0.15) is 0 Å². The fraction of sp³-hybridized carbons (Fsp3) is 0.647. The lowest BCUT2D eigenvalue weighted by molar-refractivity contribution is -0.0370. The van der Waals surface area contributed by atoms with Crippen LogP contribution in [-0.4, -0.2) is 26.4 Å². The maximum atomic E-state index is 14.6. The number of rotatable bonds is 7. The Bertz CT molecular complexity index is 443. The summed E-state index contributed by atoms with van der Waals surface area (Å²) < 4.78 is 25.6. The minimum atomic E-state index is -0.320. The number of hydrogen-bond donors (Lipinski definition) is 1. The fourth-order valence-corrected chi connectivity index (χ4v) is 2.55. The molecule has 1 aromatic carbocycles. The van der Waals surface area contributed by atoms with Crippen LogP contribution in [0, 0.1) is 11.2 Å². The van der Waals surface area contributed by atoms with E-state index in [1.54, 1.807) is 12.1 Å². The maximum absolute atomic E-state index is 14.6. The van der Waals surface area contributed by atoms with E-state index in [1.165, 1.54) is 7.11 Å². The van der Waals surface area contributed by atoms with E-state index in [1.807, 2.05) is 19.9 Å².